The van der Waals surface area contributed by atoms with Crippen LogP contribution in [0.25, 0.3) is 0 Å². The highest BCUT2D eigenvalue weighted by atomic mass is 16.5. The van der Waals surface area contributed by atoms with Gasteiger partial charge in [0, 0.05) is 12.5 Å². The van der Waals surface area contributed by atoms with Crippen molar-refractivity contribution in [2.24, 2.45) is 5.92 Å². The lowest BCUT2D eigenvalue weighted by molar-refractivity contribution is -0.112. The molecule has 0 aromatic carbocycles. The highest BCUT2D eigenvalue weighted by Gasteiger charge is 2.20. The Morgan fingerprint density at radius 2 is 1.93 bits per heavy atom. The predicted octanol–water partition coefficient (Wildman–Crippen LogP) is 2.95. The van der Waals surface area contributed by atoms with Crippen LogP contribution in [0, 0.1) is 5.92 Å². The van der Waals surface area contributed by atoms with Crippen LogP contribution in [0.15, 0.2) is 0 Å². The minimum absolute atomic E-state index is 0.311. The van der Waals surface area contributed by atoms with E-state index in [9.17, 15) is 4.79 Å². The molecule has 1 aliphatic rings. The molecule has 0 amide bonds. The lowest BCUT2D eigenvalue weighted by Crippen LogP contribution is -2.22. The minimum Gasteiger partial charge on any atom is -0.378 e. The summed E-state index contributed by atoms with van der Waals surface area (Å²) in [6.07, 6.45) is 9.46. The molecule has 0 N–H and O–H groups in total. The largest absolute Gasteiger partial charge is 0.378 e. The molecule has 1 aliphatic carbocycles. The van der Waals surface area contributed by atoms with Crippen LogP contribution in [0.2, 0.25) is 0 Å². The molecule has 0 spiro atoms. The molecule has 0 aromatic rings. The molecule has 0 aliphatic heterocycles. The molecule has 0 atom stereocenters. The number of ether oxygens (including phenoxy) is 1. The van der Waals surface area contributed by atoms with Gasteiger partial charge in [-0.1, -0.05) is 19.8 Å². The highest BCUT2D eigenvalue weighted by molar-refractivity contribution is 5.53. The zero-order valence-corrected chi connectivity index (χ0v) is 9.21. The third kappa shape index (κ3) is 4.23. The van der Waals surface area contributed by atoms with E-state index in [0.29, 0.717) is 12.0 Å². The molecular weight excluding hydrogens is 176 g/mol. The van der Waals surface area contributed by atoms with Gasteiger partial charge in [0.2, 0.25) is 0 Å². The lowest BCUT2D eigenvalue weighted by atomic mass is 9.88. The maximum Gasteiger partial charge on any atom is 0.123 e. The van der Waals surface area contributed by atoms with E-state index in [1.807, 2.05) is 0 Å². The molecular formula is C12H22O2. The summed E-state index contributed by atoms with van der Waals surface area (Å²) in [6.45, 7) is 3.11. The molecule has 0 saturated heterocycles. The fourth-order valence-corrected chi connectivity index (χ4v) is 1.99. The monoisotopic (exact) mass is 198 g/mol. The zero-order chi connectivity index (χ0) is 10.2. The second-order valence-corrected chi connectivity index (χ2v) is 4.25. The Bertz CT molecular complexity index is 148. The van der Waals surface area contributed by atoms with Crippen LogP contribution in [-0.4, -0.2) is 19.0 Å². The summed E-state index contributed by atoms with van der Waals surface area (Å²) in [4.78, 5) is 10.5. The molecule has 1 saturated carbocycles. The van der Waals surface area contributed by atoms with E-state index >= 15 is 0 Å². The van der Waals surface area contributed by atoms with Crippen molar-refractivity contribution in [3.05, 3.63) is 0 Å². The number of unbranched alkanes of at least 4 members (excludes halogenated alkanes) is 2. The first kappa shape index (κ1) is 11.7. The van der Waals surface area contributed by atoms with Gasteiger partial charge >= 0.3 is 0 Å². The van der Waals surface area contributed by atoms with E-state index in [0.717, 1.165) is 38.6 Å². The third-order valence-corrected chi connectivity index (χ3v) is 3.01. The van der Waals surface area contributed by atoms with E-state index in [1.54, 1.807) is 0 Å². The molecule has 14 heavy (non-hydrogen) atoms. The van der Waals surface area contributed by atoms with Gasteiger partial charge in [-0.25, -0.2) is 0 Å². The Morgan fingerprint density at radius 3 is 2.50 bits per heavy atom. The second-order valence-electron chi connectivity index (χ2n) is 4.25. The maximum atomic E-state index is 10.5. The summed E-state index contributed by atoms with van der Waals surface area (Å²) in [5.41, 5.74) is 0. The normalized spacial score (nSPS) is 27.5. The molecule has 1 fully saturated rings. The van der Waals surface area contributed by atoms with Crippen molar-refractivity contribution in [1.29, 1.82) is 0 Å². The predicted molar refractivity (Wildman–Crippen MR) is 57.3 cm³/mol. The second kappa shape index (κ2) is 6.99. The van der Waals surface area contributed by atoms with Crippen molar-refractivity contribution >= 4 is 6.29 Å². The van der Waals surface area contributed by atoms with Gasteiger partial charge in [-0.15, -0.1) is 0 Å². The molecule has 1 rings (SSSR count). The van der Waals surface area contributed by atoms with Gasteiger partial charge < -0.3 is 9.53 Å². The fraction of sp³-hybridized carbons (Fsp3) is 0.917. The number of hydrogen-bond donors (Lipinski definition) is 0. The third-order valence-electron chi connectivity index (χ3n) is 3.01. The van der Waals surface area contributed by atoms with Crippen LogP contribution in [0.3, 0.4) is 0 Å². The number of hydrogen-bond acceptors (Lipinski definition) is 2. The quantitative estimate of drug-likeness (QED) is 0.484. The first-order chi connectivity index (χ1) is 6.86. The van der Waals surface area contributed by atoms with Gasteiger partial charge in [0.25, 0.3) is 0 Å². The average Bonchev–Trinajstić information content (AvgIpc) is 2.25. The number of carbonyl (C=O) groups is 1. The molecule has 2 heteroatoms. The van der Waals surface area contributed by atoms with Crippen LogP contribution in [0.1, 0.15) is 51.9 Å². The summed E-state index contributed by atoms with van der Waals surface area (Å²) >= 11 is 0. The van der Waals surface area contributed by atoms with E-state index < -0.39 is 0 Å². The van der Waals surface area contributed by atoms with Gasteiger partial charge in [-0.2, -0.15) is 0 Å². The van der Waals surface area contributed by atoms with Gasteiger partial charge in [-0.3, -0.25) is 0 Å². The van der Waals surface area contributed by atoms with Crippen molar-refractivity contribution in [1.82, 2.24) is 0 Å². The van der Waals surface area contributed by atoms with Gasteiger partial charge in [0.15, 0.2) is 0 Å². The van der Waals surface area contributed by atoms with Crippen molar-refractivity contribution in [2.75, 3.05) is 6.61 Å². The molecule has 82 valence electrons. The van der Waals surface area contributed by atoms with Gasteiger partial charge in [0.05, 0.1) is 6.10 Å². The van der Waals surface area contributed by atoms with Crippen LogP contribution in [0.4, 0.5) is 0 Å². The van der Waals surface area contributed by atoms with Crippen molar-refractivity contribution in [3.8, 4) is 0 Å². The molecule has 0 aromatic heterocycles. The van der Waals surface area contributed by atoms with E-state index in [2.05, 4.69) is 6.92 Å². The Balaban J connectivity index is 2.01. The van der Waals surface area contributed by atoms with E-state index in [4.69, 9.17) is 4.74 Å². The van der Waals surface area contributed by atoms with Crippen molar-refractivity contribution in [3.63, 3.8) is 0 Å². The number of rotatable bonds is 6. The Morgan fingerprint density at radius 1 is 1.21 bits per heavy atom. The summed E-state index contributed by atoms with van der Waals surface area (Å²) in [7, 11) is 0. The highest BCUT2D eigenvalue weighted by Crippen LogP contribution is 2.24. The molecule has 0 radical (unpaired) electrons. The first-order valence-electron chi connectivity index (χ1n) is 5.93. The standard InChI is InChI=1S/C12H22O2/c1-2-3-4-9-14-12-7-5-11(10-13)6-8-12/h10-12H,2-9H2,1H3. The van der Waals surface area contributed by atoms with Crippen LogP contribution < -0.4 is 0 Å². The first-order valence-corrected chi connectivity index (χ1v) is 5.93. The topological polar surface area (TPSA) is 26.3 Å². The number of aldehydes is 1. The van der Waals surface area contributed by atoms with Crippen LogP contribution >= 0.6 is 0 Å². The zero-order valence-electron chi connectivity index (χ0n) is 9.21. The average molecular weight is 198 g/mol. The lowest BCUT2D eigenvalue weighted by Gasteiger charge is -2.25. The smallest absolute Gasteiger partial charge is 0.123 e. The summed E-state index contributed by atoms with van der Waals surface area (Å²) in [5.74, 6) is 0.311. The number of carbonyl (C=O) groups excluding carboxylic acids is 1. The summed E-state index contributed by atoms with van der Waals surface area (Å²) < 4.78 is 5.76. The van der Waals surface area contributed by atoms with Crippen LogP contribution in [0.5, 0.6) is 0 Å². The molecule has 0 unspecified atom stereocenters. The Labute approximate surface area is 87.0 Å². The van der Waals surface area contributed by atoms with Gasteiger partial charge in [-0.05, 0) is 32.1 Å². The minimum atomic E-state index is 0.311. The summed E-state index contributed by atoms with van der Waals surface area (Å²) in [6, 6.07) is 0. The SMILES string of the molecule is CCCCCOC1CCC(C=O)CC1. The van der Waals surface area contributed by atoms with E-state index in [-0.39, 0.29) is 0 Å². The fourth-order valence-electron chi connectivity index (χ4n) is 1.99. The Kier molecular flexibility index (Phi) is 5.85. The Hall–Kier alpha value is -0.370. The molecule has 0 heterocycles. The van der Waals surface area contributed by atoms with Crippen molar-refractivity contribution in [2.45, 2.75) is 58.0 Å². The summed E-state index contributed by atoms with van der Waals surface area (Å²) in [5, 5.41) is 0. The van der Waals surface area contributed by atoms with Gasteiger partial charge in [0.1, 0.15) is 6.29 Å². The molecule has 2 nitrogen and oxygen atoms in total. The van der Waals surface area contributed by atoms with Crippen LogP contribution in [-0.2, 0) is 9.53 Å². The maximum absolute atomic E-state index is 10.5. The molecule has 0 bridgehead atoms. The van der Waals surface area contributed by atoms with Crippen molar-refractivity contribution < 1.29 is 9.53 Å². The van der Waals surface area contributed by atoms with E-state index in [1.165, 1.54) is 19.3 Å².